The van der Waals surface area contributed by atoms with Gasteiger partial charge in [0.15, 0.2) is 0 Å². The van der Waals surface area contributed by atoms with Crippen LogP contribution in [0.3, 0.4) is 0 Å². The van der Waals surface area contributed by atoms with Crippen LogP contribution in [0.25, 0.3) is 0 Å². The molecular weight excluding hydrogens is 536 g/mol. The summed E-state index contributed by atoms with van der Waals surface area (Å²) in [6.45, 7) is 22.1. The summed E-state index contributed by atoms with van der Waals surface area (Å²) in [4.78, 5) is 0. The number of hydrogen-bond acceptors (Lipinski definition) is 2. The van der Waals surface area contributed by atoms with Crippen LogP contribution >= 0.6 is 0 Å². The molecule has 0 aliphatic heterocycles. The van der Waals surface area contributed by atoms with E-state index in [1.54, 1.807) is 0 Å². The predicted octanol–water partition coefficient (Wildman–Crippen LogP) is 11.0. The third-order valence-electron chi connectivity index (χ3n) is 8.91. The van der Waals surface area contributed by atoms with E-state index in [9.17, 15) is 0 Å². The van der Waals surface area contributed by atoms with E-state index in [0.29, 0.717) is 0 Å². The molecule has 0 saturated heterocycles. The fourth-order valence-electron chi connectivity index (χ4n) is 7.49. The van der Waals surface area contributed by atoms with Crippen molar-refractivity contribution < 1.29 is 9.47 Å². The summed E-state index contributed by atoms with van der Waals surface area (Å²) in [5.74, 6) is 1.83. The van der Waals surface area contributed by atoms with Gasteiger partial charge in [-0.1, -0.05) is 126 Å². The highest BCUT2D eigenvalue weighted by molar-refractivity contribution is 5.74. The van der Waals surface area contributed by atoms with Crippen molar-refractivity contribution in [3.05, 3.63) is 153 Å². The summed E-state index contributed by atoms with van der Waals surface area (Å²) in [7, 11) is 0. The van der Waals surface area contributed by atoms with E-state index in [1.807, 2.05) is 38.5 Å². The minimum atomic E-state index is -0.708. The molecule has 0 radical (unpaired) electrons. The van der Waals surface area contributed by atoms with E-state index in [0.717, 1.165) is 29.0 Å². The first-order valence-corrected chi connectivity index (χ1v) is 15.9. The van der Waals surface area contributed by atoms with Gasteiger partial charge in [0.05, 0.1) is 17.9 Å². The SMILES string of the molecule is CC=COc1c(C2(c3ccc(C)c(C(C)(C)C)c3OC=CC)c3ccccc3Cc3ccccc32)ccc(C)c1C(C)(C)C. The minimum absolute atomic E-state index is 0.153. The van der Waals surface area contributed by atoms with Gasteiger partial charge in [-0.25, -0.2) is 0 Å². The zero-order valence-corrected chi connectivity index (χ0v) is 28.3. The van der Waals surface area contributed by atoms with Crippen LogP contribution in [0.4, 0.5) is 0 Å². The van der Waals surface area contributed by atoms with Crippen molar-refractivity contribution in [2.45, 2.75) is 91.9 Å². The maximum Gasteiger partial charge on any atom is 0.135 e. The number of allylic oxidation sites excluding steroid dienone is 2. The Morgan fingerprint density at radius 1 is 0.545 bits per heavy atom. The van der Waals surface area contributed by atoms with Gasteiger partial charge in [0, 0.05) is 22.3 Å². The van der Waals surface area contributed by atoms with Gasteiger partial charge in [0.25, 0.3) is 0 Å². The molecule has 2 heteroatoms. The summed E-state index contributed by atoms with van der Waals surface area (Å²) in [5, 5.41) is 0. The molecule has 1 aliphatic carbocycles. The van der Waals surface area contributed by atoms with Crippen LogP contribution in [0, 0.1) is 13.8 Å². The lowest BCUT2D eigenvalue weighted by Gasteiger charge is -2.45. The first-order chi connectivity index (χ1) is 20.9. The number of fused-ring (bicyclic) bond motifs is 2. The number of aryl methyl sites for hydroxylation is 2. The van der Waals surface area contributed by atoms with Crippen LogP contribution in [0.1, 0.15) is 111 Å². The molecule has 4 aromatic carbocycles. The van der Waals surface area contributed by atoms with Gasteiger partial charge in [0.1, 0.15) is 11.5 Å². The monoisotopic (exact) mass is 584 g/mol. The molecule has 0 N–H and O–H groups in total. The summed E-state index contributed by atoms with van der Waals surface area (Å²) >= 11 is 0. The summed E-state index contributed by atoms with van der Waals surface area (Å²) < 4.78 is 13.5. The van der Waals surface area contributed by atoms with Crippen LogP contribution in [0.2, 0.25) is 0 Å². The normalized spacial score (nSPS) is 14.5. The van der Waals surface area contributed by atoms with Gasteiger partial charge < -0.3 is 9.47 Å². The lowest BCUT2D eigenvalue weighted by atomic mass is 9.58. The van der Waals surface area contributed by atoms with Gasteiger partial charge in [-0.05, 0) is 78.3 Å². The fraction of sp³-hybridized carbons (Fsp3) is 0.333. The second-order valence-corrected chi connectivity index (χ2v) is 14.2. The van der Waals surface area contributed by atoms with Crippen LogP contribution in [0.15, 0.2) is 97.5 Å². The van der Waals surface area contributed by atoms with Crippen LogP contribution in [-0.2, 0) is 22.7 Å². The van der Waals surface area contributed by atoms with E-state index < -0.39 is 5.41 Å². The van der Waals surface area contributed by atoms with E-state index in [4.69, 9.17) is 9.47 Å². The lowest BCUT2D eigenvalue weighted by Crippen LogP contribution is -2.38. The van der Waals surface area contributed by atoms with Crippen molar-refractivity contribution in [3.8, 4) is 11.5 Å². The Labute approximate surface area is 265 Å². The van der Waals surface area contributed by atoms with Crippen molar-refractivity contribution in [3.63, 3.8) is 0 Å². The average Bonchev–Trinajstić information content (AvgIpc) is 2.96. The standard InChI is InChI=1S/C42H48O2/c1-11-25-43-38-34(23-21-28(3)36(38)40(5,6)7)42(32-19-15-13-17-30(32)27-31-18-14-16-20-33(31)42)35-24-22-29(4)37(41(8,9)10)39(35)44-26-12-2/h11-26H,27H2,1-10H3. The highest BCUT2D eigenvalue weighted by atomic mass is 16.5. The van der Waals surface area contributed by atoms with Crippen molar-refractivity contribution in [1.29, 1.82) is 0 Å². The van der Waals surface area contributed by atoms with Crippen molar-refractivity contribution in [2.24, 2.45) is 0 Å². The molecular formula is C42H48O2. The number of rotatable bonds is 6. The average molecular weight is 585 g/mol. The smallest absolute Gasteiger partial charge is 0.135 e. The van der Waals surface area contributed by atoms with E-state index in [1.165, 1.54) is 44.5 Å². The van der Waals surface area contributed by atoms with Crippen molar-refractivity contribution in [1.82, 2.24) is 0 Å². The molecule has 0 aromatic heterocycles. The highest BCUT2D eigenvalue weighted by Crippen LogP contribution is 2.58. The lowest BCUT2D eigenvalue weighted by molar-refractivity contribution is 0.427. The van der Waals surface area contributed by atoms with Crippen molar-refractivity contribution >= 4 is 0 Å². The zero-order valence-electron chi connectivity index (χ0n) is 28.3. The number of hydrogen-bond donors (Lipinski definition) is 0. The summed E-state index contributed by atoms with van der Waals surface area (Å²) in [5.41, 5.74) is 11.3. The molecule has 1 aliphatic rings. The maximum atomic E-state index is 6.76. The number of benzene rings is 4. The Morgan fingerprint density at radius 2 is 0.932 bits per heavy atom. The maximum absolute atomic E-state index is 6.76. The molecule has 0 spiro atoms. The second-order valence-electron chi connectivity index (χ2n) is 14.2. The minimum Gasteiger partial charge on any atom is -0.465 e. The molecule has 0 atom stereocenters. The molecule has 4 aromatic rings. The van der Waals surface area contributed by atoms with Gasteiger partial charge in [-0.2, -0.15) is 0 Å². The molecule has 0 unspecified atom stereocenters. The molecule has 0 bridgehead atoms. The largest absolute Gasteiger partial charge is 0.465 e. The van der Waals surface area contributed by atoms with Crippen LogP contribution in [-0.4, -0.2) is 0 Å². The van der Waals surface area contributed by atoms with Gasteiger partial charge in [-0.15, -0.1) is 0 Å². The summed E-state index contributed by atoms with van der Waals surface area (Å²) in [6.07, 6.45) is 8.47. The molecule has 2 nitrogen and oxygen atoms in total. The Kier molecular flexibility index (Phi) is 8.42. The Balaban J connectivity index is 2.11. The van der Waals surface area contributed by atoms with Gasteiger partial charge in [-0.3, -0.25) is 0 Å². The first-order valence-electron chi connectivity index (χ1n) is 15.9. The Bertz CT molecular complexity index is 1610. The molecule has 0 saturated carbocycles. The molecule has 44 heavy (non-hydrogen) atoms. The predicted molar refractivity (Wildman–Crippen MR) is 185 cm³/mol. The second kappa shape index (κ2) is 11.8. The third-order valence-corrected chi connectivity index (χ3v) is 8.91. The van der Waals surface area contributed by atoms with Gasteiger partial charge in [0.2, 0.25) is 0 Å². The molecule has 5 rings (SSSR count). The van der Waals surface area contributed by atoms with Crippen LogP contribution in [0.5, 0.6) is 11.5 Å². The first kappa shape index (κ1) is 31.4. The summed E-state index contributed by atoms with van der Waals surface area (Å²) in [6, 6.07) is 27.1. The van der Waals surface area contributed by atoms with Gasteiger partial charge >= 0.3 is 0 Å². The van der Waals surface area contributed by atoms with Crippen molar-refractivity contribution in [2.75, 3.05) is 0 Å². The molecule has 228 valence electrons. The molecule has 0 amide bonds. The number of ether oxygens (including phenoxy) is 2. The third kappa shape index (κ3) is 5.19. The Morgan fingerprint density at radius 3 is 1.30 bits per heavy atom. The topological polar surface area (TPSA) is 18.5 Å². The molecule has 0 heterocycles. The van der Waals surface area contributed by atoms with E-state index in [-0.39, 0.29) is 10.8 Å². The molecule has 0 fully saturated rings. The van der Waals surface area contributed by atoms with Crippen LogP contribution < -0.4 is 9.47 Å². The zero-order chi connectivity index (χ0) is 31.9. The van der Waals surface area contributed by atoms with E-state index >= 15 is 0 Å². The quantitative estimate of drug-likeness (QED) is 0.185. The van der Waals surface area contributed by atoms with E-state index in [2.05, 4.69) is 128 Å². The Hall–Kier alpha value is -4.04. The fourth-order valence-corrected chi connectivity index (χ4v) is 7.49. The highest BCUT2D eigenvalue weighted by Gasteiger charge is 2.49.